The number of rotatable bonds is 5. The highest BCUT2D eigenvalue weighted by molar-refractivity contribution is 9.10. The van der Waals surface area contributed by atoms with E-state index in [1.54, 1.807) is 19.2 Å². The number of hydrogen-bond acceptors (Lipinski definition) is 2. The monoisotopic (exact) mass is 320 g/mol. The molecule has 1 unspecified atom stereocenters. The topological polar surface area (TPSA) is 29.5 Å². The first-order chi connectivity index (χ1) is 7.85. The predicted molar refractivity (Wildman–Crippen MR) is 74.4 cm³/mol. The molecule has 0 amide bonds. The molecule has 17 heavy (non-hydrogen) atoms. The molecule has 1 N–H and O–H groups in total. The van der Waals surface area contributed by atoms with E-state index in [9.17, 15) is 5.11 Å². The summed E-state index contributed by atoms with van der Waals surface area (Å²) in [6.45, 7) is 4.02. The van der Waals surface area contributed by atoms with E-state index in [2.05, 4.69) is 15.9 Å². The van der Waals surface area contributed by atoms with Crippen LogP contribution in [-0.4, -0.2) is 17.8 Å². The Morgan fingerprint density at radius 2 is 2.12 bits per heavy atom. The molecule has 0 aliphatic rings. The molecule has 0 aromatic heterocycles. The largest absolute Gasteiger partial charge is 0.388 e. The molecular weight excluding hydrogens is 303 g/mol. The van der Waals surface area contributed by atoms with Crippen LogP contribution in [0.2, 0.25) is 5.02 Å². The van der Waals surface area contributed by atoms with Crippen molar-refractivity contribution in [3.8, 4) is 0 Å². The third kappa shape index (κ3) is 4.59. The van der Waals surface area contributed by atoms with Gasteiger partial charge >= 0.3 is 0 Å². The van der Waals surface area contributed by atoms with Crippen molar-refractivity contribution in [2.75, 3.05) is 7.11 Å². The Labute approximate surface area is 116 Å². The molecule has 0 heterocycles. The molecule has 0 fully saturated rings. The quantitative estimate of drug-likeness (QED) is 0.874. The van der Waals surface area contributed by atoms with Gasteiger partial charge < -0.3 is 9.84 Å². The summed E-state index contributed by atoms with van der Waals surface area (Å²) < 4.78 is 6.17. The van der Waals surface area contributed by atoms with Gasteiger partial charge in [-0.3, -0.25) is 0 Å². The summed E-state index contributed by atoms with van der Waals surface area (Å²) in [5, 5.41) is 10.8. The van der Waals surface area contributed by atoms with E-state index in [1.165, 1.54) is 0 Å². The molecule has 1 rings (SSSR count). The van der Waals surface area contributed by atoms with Crippen molar-refractivity contribution < 1.29 is 9.84 Å². The van der Waals surface area contributed by atoms with Gasteiger partial charge in [-0.05, 0) is 44.4 Å². The highest BCUT2D eigenvalue weighted by Crippen LogP contribution is 2.30. The molecule has 4 heteroatoms. The number of halogens is 2. The third-order valence-electron chi connectivity index (χ3n) is 2.89. The second-order valence-corrected chi connectivity index (χ2v) is 5.97. The second kappa shape index (κ2) is 6.19. The lowest BCUT2D eigenvalue weighted by atomic mass is 9.97. The molecule has 1 aromatic carbocycles. The van der Waals surface area contributed by atoms with Gasteiger partial charge in [0.1, 0.15) is 0 Å². The molecule has 96 valence electrons. The molecule has 2 nitrogen and oxygen atoms in total. The summed E-state index contributed by atoms with van der Waals surface area (Å²) in [5.74, 6) is 0. The lowest BCUT2D eigenvalue weighted by Gasteiger charge is -2.24. The van der Waals surface area contributed by atoms with Crippen molar-refractivity contribution in [3.05, 3.63) is 33.3 Å². The van der Waals surface area contributed by atoms with Crippen LogP contribution in [0.3, 0.4) is 0 Å². The standard InChI is InChI=1S/C13H18BrClO2/c1-13(2,17-3)7-6-12(16)10-5-4-9(15)8-11(10)14/h4-5,8,12,16H,6-7H2,1-3H3. The number of methoxy groups -OCH3 is 1. The first kappa shape index (κ1) is 15.0. The van der Waals surface area contributed by atoms with Gasteiger partial charge in [-0.15, -0.1) is 0 Å². The second-order valence-electron chi connectivity index (χ2n) is 4.68. The van der Waals surface area contributed by atoms with Crippen LogP contribution in [0.5, 0.6) is 0 Å². The van der Waals surface area contributed by atoms with Crippen LogP contribution < -0.4 is 0 Å². The highest BCUT2D eigenvalue weighted by atomic mass is 79.9. The van der Waals surface area contributed by atoms with Crippen molar-refractivity contribution in [2.24, 2.45) is 0 Å². The number of hydrogen-bond donors (Lipinski definition) is 1. The lowest BCUT2D eigenvalue weighted by molar-refractivity contribution is 0.00273. The van der Waals surface area contributed by atoms with Gasteiger partial charge in [0.15, 0.2) is 0 Å². The van der Waals surface area contributed by atoms with Gasteiger partial charge in [0.25, 0.3) is 0 Å². The first-order valence-corrected chi connectivity index (χ1v) is 6.71. The van der Waals surface area contributed by atoms with E-state index in [0.717, 1.165) is 16.5 Å². The fourth-order valence-electron chi connectivity index (χ4n) is 1.51. The van der Waals surface area contributed by atoms with Crippen molar-refractivity contribution in [1.82, 2.24) is 0 Å². The number of aliphatic hydroxyl groups excluding tert-OH is 1. The minimum atomic E-state index is -0.504. The molecule has 0 saturated heterocycles. The normalized spacial score (nSPS) is 13.8. The predicted octanol–water partition coefficient (Wildman–Crippen LogP) is 4.34. The molecule has 1 aromatic rings. The van der Waals surface area contributed by atoms with Gasteiger partial charge in [0, 0.05) is 16.6 Å². The zero-order valence-corrected chi connectivity index (χ0v) is 12.7. The van der Waals surface area contributed by atoms with Gasteiger partial charge in [-0.1, -0.05) is 33.6 Å². The maximum absolute atomic E-state index is 10.1. The van der Waals surface area contributed by atoms with Crippen LogP contribution in [0.15, 0.2) is 22.7 Å². The van der Waals surface area contributed by atoms with Crippen LogP contribution >= 0.6 is 27.5 Å². The zero-order chi connectivity index (χ0) is 13.1. The maximum Gasteiger partial charge on any atom is 0.0802 e. The smallest absolute Gasteiger partial charge is 0.0802 e. The average molecular weight is 322 g/mol. The summed E-state index contributed by atoms with van der Waals surface area (Å²) in [4.78, 5) is 0. The molecule has 0 saturated carbocycles. The molecule has 0 aliphatic carbocycles. The Morgan fingerprint density at radius 1 is 1.47 bits per heavy atom. The zero-order valence-electron chi connectivity index (χ0n) is 10.3. The van der Waals surface area contributed by atoms with E-state index in [1.807, 2.05) is 19.9 Å². The van der Waals surface area contributed by atoms with Gasteiger partial charge in [0.2, 0.25) is 0 Å². The Hall–Kier alpha value is -0.0900. The summed E-state index contributed by atoms with van der Waals surface area (Å²) in [5.41, 5.74) is 0.654. The number of ether oxygens (including phenoxy) is 1. The van der Waals surface area contributed by atoms with Gasteiger partial charge in [-0.25, -0.2) is 0 Å². The van der Waals surface area contributed by atoms with Crippen LogP contribution in [0, 0.1) is 0 Å². The van der Waals surface area contributed by atoms with Crippen molar-refractivity contribution in [1.29, 1.82) is 0 Å². The van der Waals surface area contributed by atoms with Crippen LogP contribution in [0.25, 0.3) is 0 Å². The van der Waals surface area contributed by atoms with Crippen LogP contribution in [0.1, 0.15) is 38.4 Å². The third-order valence-corrected chi connectivity index (χ3v) is 3.82. The Bertz CT molecular complexity index is 380. The highest BCUT2D eigenvalue weighted by Gasteiger charge is 2.20. The van der Waals surface area contributed by atoms with E-state index >= 15 is 0 Å². The molecule has 0 aliphatic heterocycles. The minimum absolute atomic E-state index is 0.208. The summed E-state index contributed by atoms with van der Waals surface area (Å²) >= 11 is 9.27. The molecule has 1 atom stereocenters. The Balaban J connectivity index is 2.67. The minimum Gasteiger partial charge on any atom is -0.388 e. The van der Waals surface area contributed by atoms with Gasteiger partial charge in [0.05, 0.1) is 11.7 Å². The molecule has 0 spiro atoms. The Morgan fingerprint density at radius 3 is 2.65 bits per heavy atom. The molecule has 0 radical (unpaired) electrons. The van der Waals surface area contributed by atoms with Crippen LogP contribution in [-0.2, 0) is 4.74 Å². The SMILES string of the molecule is COC(C)(C)CCC(O)c1ccc(Cl)cc1Br. The lowest BCUT2D eigenvalue weighted by Crippen LogP contribution is -2.23. The fraction of sp³-hybridized carbons (Fsp3) is 0.538. The first-order valence-electron chi connectivity index (χ1n) is 5.54. The van der Waals surface area contributed by atoms with Crippen molar-refractivity contribution in [3.63, 3.8) is 0 Å². The number of aliphatic hydroxyl groups is 1. The van der Waals surface area contributed by atoms with E-state index in [4.69, 9.17) is 16.3 Å². The average Bonchev–Trinajstić information content (AvgIpc) is 2.26. The van der Waals surface area contributed by atoms with E-state index in [-0.39, 0.29) is 5.60 Å². The van der Waals surface area contributed by atoms with Crippen molar-refractivity contribution in [2.45, 2.75) is 38.4 Å². The van der Waals surface area contributed by atoms with Gasteiger partial charge in [-0.2, -0.15) is 0 Å². The van der Waals surface area contributed by atoms with E-state index < -0.39 is 6.10 Å². The molecular formula is C13H18BrClO2. The number of benzene rings is 1. The van der Waals surface area contributed by atoms with E-state index in [0.29, 0.717) is 11.4 Å². The maximum atomic E-state index is 10.1. The summed E-state index contributed by atoms with van der Waals surface area (Å²) in [6.07, 6.45) is 0.942. The van der Waals surface area contributed by atoms with Crippen LogP contribution in [0.4, 0.5) is 0 Å². The summed E-state index contributed by atoms with van der Waals surface area (Å²) in [7, 11) is 1.69. The molecule has 0 bridgehead atoms. The van der Waals surface area contributed by atoms with Crippen molar-refractivity contribution >= 4 is 27.5 Å². The Kier molecular flexibility index (Phi) is 5.45. The fourth-order valence-corrected chi connectivity index (χ4v) is 2.46. The summed E-state index contributed by atoms with van der Waals surface area (Å²) in [6, 6.07) is 5.42.